The summed E-state index contributed by atoms with van der Waals surface area (Å²) in [6.07, 6.45) is 6.50. The van der Waals surface area contributed by atoms with E-state index in [0.717, 1.165) is 30.4 Å². The lowest BCUT2D eigenvalue weighted by Gasteiger charge is -2.29. The number of benzene rings is 1. The number of ether oxygens (including phenoxy) is 2. The van der Waals surface area contributed by atoms with Crippen LogP contribution in [0, 0.1) is 5.92 Å². The predicted molar refractivity (Wildman–Crippen MR) is 82.7 cm³/mol. The van der Waals surface area contributed by atoms with Crippen molar-refractivity contribution in [2.24, 2.45) is 5.92 Å². The number of nitrogens with one attached hydrogen (secondary N) is 1. The fourth-order valence-electron chi connectivity index (χ4n) is 3.06. The number of hydrogen-bond acceptors (Lipinski definition) is 3. The highest BCUT2D eigenvalue weighted by Crippen LogP contribution is 2.28. The minimum Gasteiger partial charge on any atom is -0.493 e. The molecule has 0 bridgehead atoms. The summed E-state index contributed by atoms with van der Waals surface area (Å²) in [5.41, 5.74) is 1.29. The van der Waals surface area contributed by atoms with Crippen LogP contribution < -0.4 is 14.8 Å². The van der Waals surface area contributed by atoms with E-state index in [1.807, 2.05) is 6.07 Å². The van der Waals surface area contributed by atoms with Gasteiger partial charge >= 0.3 is 0 Å². The van der Waals surface area contributed by atoms with Crippen molar-refractivity contribution in [1.82, 2.24) is 5.32 Å². The van der Waals surface area contributed by atoms with E-state index in [-0.39, 0.29) is 0 Å². The average molecular weight is 277 g/mol. The Morgan fingerprint density at radius 3 is 2.55 bits per heavy atom. The molecule has 1 aromatic carbocycles. The van der Waals surface area contributed by atoms with Crippen LogP contribution in [-0.2, 0) is 6.42 Å². The first kappa shape index (κ1) is 15.2. The van der Waals surface area contributed by atoms with Crippen LogP contribution in [-0.4, -0.2) is 26.8 Å². The van der Waals surface area contributed by atoms with E-state index in [4.69, 9.17) is 9.47 Å². The van der Waals surface area contributed by atoms with E-state index < -0.39 is 0 Å². The Morgan fingerprint density at radius 1 is 1.10 bits per heavy atom. The highest BCUT2D eigenvalue weighted by molar-refractivity contribution is 5.42. The molecule has 112 valence electrons. The maximum Gasteiger partial charge on any atom is 0.160 e. The first-order valence-electron chi connectivity index (χ1n) is 7.69. The molecule has 1 fully saturated rings. The third-order valence-corrected chi connectivity index (χ3v) is 4.38. The number of methoxy groups -OCH3 is 2. The van der Waals surface area contributed by atoms with Crippen LogP contribution in [0.3, 0.4) is 0 Å². The van der Waals surface area contributed by atoms with Gasteiger partial charge in [-0.1, -0.05) is 25.8 Å². The third kappa shape index (κ3) is 3.89. The zero-order chi connectivity index (χ0) is 14.4. The van der Waals surface area contributed by atoms with Gasteiger partial charge in [0, 0.05) is 6.04 Å². The molecule has 0 unspecified atom stereocenters. The first-order valence-corrected chi connectivity index (χ1v) is 7.69. The summed E-state index contributed by atoms with van der Waals surface area (Å²) in [4.78, 5) is 0. The molecule has 0 saturated heterocycles. The van der Waals surface area contributed by atoms with Crippen LogP contribution >= 0.6 is 0 Å². The lowest BCUT2D eigenvalue weighted by Crippen LogP contribution is -2.38. The zero-order valence-electron chi connectivity index (χ0n) is 12.9. The summed E-state index contributed by atoms with van der Waals surface area (Å²) in [6.45, 7) is 3.40. The van der Waals surface area contributed by atoms with Gasteiger partial charge in [0.05, 0.1) is 14.2 Å². The monoisotopic (exact) mass is 277 g/mol. The normalized spacial score (nSPS) is 22.6. The van der Waals surface area contributed by atoms with E-state index in [0.29, 0.717) is 6.04 Å². The van der Waals surface area contributed by atoms with Crippen molar-refractivity contribution >= 4 is 0 Å². The van der Waals surface area contributed by atoms with Crippen LogP contribution in [0.5, 0.6) is 11.5 Å². The van der Waals surface area contributed by atoms with Gasteiger partial charge in [0.2, 0.25) is 0 Å². The van der Waals surface area contributed by atoms with Crippen molar-refractivity contribution in [2.45, 2.75) is 45.1 Å². The molecule has 2 rings (SSSR count). The number of hydrogen-bond donors (Lipinski definition) is 1. The Bertz CT molecular complexity index is 419. The zero-order valence-corrected chi connectivity index (χ0v) is 12.9. The topological polar surface area (TPSA) is 30.5 Å². The molecule has 2 atom stereocenters. The molecule has 1 saturated carbocycles. The van der Waals surface area contributed by atoms with Crippen molar-refractivity contribution in [3.63, 3.8) is 0 Å². The lowest BCUT2D eigenvalue weighted by molar-refractivity contribution is 0.282. The average Bonchev–Trinajstić information content (AvgIpc) is 2.49. The van der Waals surface area contributed by atoms with Gasteiger partial charge in [0.15, 0.2) is 11.5 Å². The Hall–Kier alpha value is -1.22. The molecule has 0 aromatic heterocycles. The Kier molecular flexibility index (Phi) is 5.72. The minimum absolute atomic E-state index is 0.698. The van der Waals surface area contributed by atoms with E-state index in [9.17, 15) is 0 Å². The van der Waals surface area contributed by atoms with Crippen LogP contribution in [0.4, 0.5) is 0 Å². The molecule has 0 heterocycles. The standard InChI is InChI=1S/C17H27NO2/c1-13-6-4-5-7-15(13)18-11-10-14-8-9-16(19-2)17(12-14)20-3/h8-9,12-13,15,18H,4-7,10-11H2,1-3H3/t13-,15+/m1/s1. The minimum atomic E-state index is 0.698. The van der Waals surface area contributed by atoms with Gasteiger partial charge in [0.1, 0.15) is 0 Å². The SMILES string of the molecule is COc1ccc(CCN[C@H]2CCCC[C@H]2C)cc1OC. The molecular formula is C17H27NO2. The second kappa shape index (κ2) is 7.53. The summed E-state index contributed by atoms with van der Waals surface area (Å²) in [5, 5.41) is 3.71. The second-order valence-corrected chi connectivity index (χ2v) is 5.76. The molecular weight excluding hydrogens is 250 g/mol. The quantitative estimate of drug-likeness (QED) is 0.864. The highest BCUT2D eigenvalue weighted by Gasteiger charge is 2.20. The molecule has 0 spiro atoms. The summed E-state index contributed by atoms with van der Waals surface area (Å²) in [7, 11) is 3.35. The van der Waals surface area contributed by atoms with Gasteiger partial charge in [-0.3, -0.25) is 0 Å². The van der Waals surface area contributed by atoms with E-state index in [1.165, 1.54) is 31.2 Å². The second-order valence-electron chi connectivity index (χ2n) is 5.76. The van der Waals surface area contributed by atoms with Gasteiger partial charge in [-0.2, -0.15) is 0 Å². The van der Waals surface area contributed by atoms with Crippen molar-refractivity contribution in [3.8, 4) is 11.5 Å². The summed E-state index contributed by atoms with van der Waals surface area (Å²) < 4.78 is 10.6. The van der Waals surface area contributed by atoms with Crippen LogP contribution in [0.2, 0.25) is 0 Å². The summed E-state index contributed by atoms with van der Waals surface area (Å²) in [5.74, 6) is 2.43. The van der Waals surface area contributed by atoms with Gasteiger partial charge < -0.3 is 14.8 Å². The van der Waals surface area contributed by atoms with Crippen molar-refractivity contribution in [3.05, 3.63) is 23.8 Å². The molecule has 20 heavy (non-hydrogen) atoms. The lowest BCUT2D eigenvalue weighted by atomic mass is 9.86. The third-order valence-electron chi connectivity index (χ3n) is 4.38. The van der Waals surface area contributed by atoms with Gasteiger partial charge in [-0.15, -0.1) is 0 Å². The number of rotatable bonds is 6. The fraction of sp³-hybridized carbons (Fsp3) is 0.647. The van der Waals surface area contributed by atoms with Crippen molar-refractivity contribution < 1.29 is 9.47 Å². The summed E-state index contributed by atoms with van der Waals surface area (Å²) in [6, 6.07) is 6.87. The van der Waals surface area contributed by atoms with Crippen LogP contribution in [0.25, 0.3) is 0 Å². The maximum absolute atomic E-state index is 5.34. The van der Waals surface area contributed by atoms with Gasteiger partial charge in [0.25, 0.3) is 0 Å². The smallest absolute Gasteiger partial charge is 0.160 e. The van der Waals surface area contributed by atoms with Crippen molar-refractivity contribution in [2.75, 3.05) is 20.8 Å². The molecule has 0 aliphatic heterocycles. The van der Waals surface area contributed by atoms with Crippen LogP contribution in [0.15, 0.2) is 18.2 Å². The fourth-order valence-corrected chi connectivity index (χ4v) is 3.06. The van der Waals surface area contributed by atoms with Crippen LogP contribution in [0.1, 0.15) is 38.2 Å². The largest absolute Gasteiger partial charge is 0.493 e. The Morgan fingerprint density at radius 2 is 1.85 bits per heavy atom. The van der Waals surface area contributed by atoms with Crippen molar-refractivity contribution in [1.29, 1.82) is 0 Å². The van der Waals surface area contributed by atoms with E-state index in [1.54, 1.807) is 14.2 Å². The molecule has 3 nitrogen and oxygen atoms in total. The molecule has 1 N–H and O–H groups in total. The summed E-state index contributed by atoms with van der Waals surface area (Å²) >= 11 is 0. The molecule has 1 aromatic rings. The Balaban J connectivity index is 1.84. The highest BCUT2D eigenvalue weighted by atomic mass is 16.5. The molecule has 0 amide bonds. The Labute approximate surface area is 122 Å². The van der Waals surface area contributed by atoms with E-state index in [2.05, 4.69) is 24.4 Å². The van der Waals surface area contributed by atoms with Gasteiger partial charge in [-0.25, -0.2) is 0 Å². The molecule has 1 aliphatic rings. The molecule has 0 radical (unpaired) electrons. The molecule has 3 heteroatoms. The molecule has 1 aliphatic carbocycles. The first-order chi connectivity index (χ1) is 9.74. The predicted octanol–water partition coefficient (Wildman–Crippen LogP) is 3.41. The maximum atomic E-state index is 5.34. The van der Waals surface area contributed by atoms with Gasteiger partial charge in [-0.05, 0) is 49.4 Å². The van der Waals surface area contributed by atoms with E-state index >= 15 is 0 Å².